The molecule has 1 aromatic carbocycles. The van der Waals surface area contributed by atoms with Gasteiger partial charge in [-0.15, -0.1) is 0 Å². The average molecular weight is 191 g/mol. The summed E-state index contributed by atoms with van der Waals surface area (Å²) in [5.41, 5.74) is 2.81. The van der Waals surface area contributed by atoms with Gasteiger partial charge in [-0.3, -0.25) is 4.52 Å². The Morgan fingerprint density at radius 2 is 1.86 bits per heavy atom. The van der Waals surface area contributed by atoms with Crippen molar-refractivity contribution in [3.8, 4) is 5.69 Å². The first-order valence-corrected chi connectivity index (χ1v) is 4.34. The summed E-state index contributed by atoms with van der Waals surface area (Å²) in [6, 6.07) is 6.01. The largest absolute Gasteiger partial charge is 0.427 e. The lowest BCUT2D eigenvalue weighted by atomic mass is 10.1. The summed E-state index contributed by atoms with van der Waals surface area (Å²) < 4.78 is 6.14. The van der Waals surface area contributed by atoms with Gasteiger partial charge in [0.15, 0.2) is 0 Å². The third-order valence-corrected chi connectivity index (χ3v) is 1.96. The number of nitrogens with zero attached hydrogens (tertiary/aromatic N) is 1. The second-order valence-electron chi connectivity index (χ2n) is 3.36. The molecule has 4 heteroatoms. The van der Waals surface area contributed by atoms with Crippen LogP contribution in [0, 0.1) is 13.8 Å². The molecular formula is C10H11N2O2+. The molecule has 0 amide bonds. The van der Waals surface area contributed by atoms with Gasteiger partial charge in [0.05, 0.1) is 0 Å². The molecule has 0 saturated carbocycles. The van der Waals surface area contributed by atoms with Crippen LogP contribution >= 0.6 is 0 Å². The van der Waals surface area contributed by atoms with Gasteiger partial charge in [-0.25, -0.2) is 4.79 Å². The minimum atomic E-state index is -0.385. The molecule has 1 aromatic heterocycles. The van der Waals surface area contributed by atoms with Gasteiger partial charge in [0.25, 0.3) is 6.20 Å². The number of rotatable bonds is 1. The maximum Gasteiger partial charge on any atom is 0.427 e. The predicted molar refractivity (Wildman–Crippen MR) is 50.3 cm³/mol. The van der Waals surface area contributed by atoms with E-state index in [2.05, 4.69) is 15.9 Å². The molecule has 0 bridgehead atoms. The maximum absolute atomic E-state index is 10.8. The van der Waals surface area contributed by atoms with Gasteiger partial charge < -0.3 is 0 Å². The van der Waals surface area contributed by atoms with Crippen LogP contribution in [-0.4, -0.2) is 5.27 Å². The Kier molecular flexibility index (Phi) is 1.96. The van der Waals surface area contributed by atoms with Gasteiger partial charge >= 0.3 is 5.63 Å². The van der Waals surface area contributed by atoms with Crippen molar-refractivity contribution in [1.82, 2.24) is 5.27 Å². The minimum absolute atomic E-state index is 0.385. The number of nitrogens with one attached hydrogen (secondary N) is 1. The van der Waals surface area contributed by atoms with Crippen molar-refractivity contribution < 1.29 is 9.20 Å². The summed E-state index contributed by atoms with van der Waals surface area (Å²) in [7, 11) is 0. The monoisotopic (exact) mass is 191 g/mol. The van der Waals surface area contributed by atoms with E-state index < -0.39 is 0 Å². The Balaban J connectivity index is 2.56. The molecule has 0 aliphatic heterocycles. The smallest absolute Gasteiger partial charge is 0.283 e. The van der Waals surface area contributed by atoms with Crippen molar-refractivity contribution in [3.63, 3.8) is 0 Å². The fraction of sp³-hybridized carbons (Fsp3) is 0.200. The Morgan fingerprint density at radius 1 is 1.21 bits per heavy atom. The maximum atomic E-state index is 10.8. The van der Waals surface area contributed by atoms with Crippen molar-refractivity contribution >= 4 is 0 Å². The molecule has 0 unspecified atom stereocenters. The summed E-state index contributed by atoms with van der Waals surface area (Å²) in [4.78, 5) is 10.8. The quantitative estimate of drug-likeness (QED) is 0.680. The van der Waals surface area contributed by atoms with Crippen LogP contribution in [0.2, 0.25) is 0 Å². The normalized spacial score (nSPS) is 10.4. The van der Waals surface area contributed by atoms with Crippen LogP contribution in [0.25, 0.3) is 5.69 Å². The lowest BCUT2D eigenvalue weighted by Crippen LogP contribution is -2.32. The van der Waals surface area contributed by atoms with Gasteiger partial charge in [0.1, 0.15) is 0 Å². The molecule has 0 spiro atoms. The van der Waals surface area contributed by atoms with E-state index in [1.807, 2.05) is 26.0 Å². The number of aromatic nitrogens is 2. The summed E-state index contributed by atoms with van der Waals surface area (Å²) >= 11 is 0. The van der Waals surface area contributed by atoms with Gasteiger partial charge in [0.2, 0.25) is 5.69 Å². The zero-order chi connectivity index (χ0) is 10.1. The summed E-state index contributed by atoms with van der Waals surface area (Å²) in [5.74, 6) is 0. The topological polar surface area (TPSA) is 49.9 Å². The van der Waals surface area contributed by atoms with Crippen LogP contribution in [-0.2, 0) is 0 Å². The first-order valence-electron chi connectivity index (χ1n) is 4.34. The van der Waals surface area contributed by atoms with Gasteiger partial charge in [-0.1, -0.05) is 6.07 Å². The van der Waals surface area contributed by atoms with E-state index in [9.17, 15) is 4.79 Å². The third kappa shape index (κ3) is 1.59. The second kappa shape index (κ2) is 3.14. The highest BCUT2D eigenvalue weighted by molar-refractivity contribution is 5.32. The molecule has 0 aliphatic rings. The molecule has 1 N–H and O–H groups in total. The van der Waals surface area contributed by atoms with Crippen molar-refractivity contribution in [3.05, 3.63) is 45.9 Å². The van der Waals surface area contributed by atoms with Crippen LogP contribution < -0.4 is 10.3 Å². The SMILES string of the molecule is Cc1cc(C)cc(-[n+]2cc(=O)o[nH]2)c1. The lowest BCUT2D eigenvalue weighted by Gasteiger charge is -1.95. The number of H-pyrrole nitrogens is 1. The van der Waals surface area contributed by atoms with E-state index in [1.54, 1.807) is 4.68 Å². The highest BCUT2D eigenvalue weighted by Crippen LogP contribution is 2.07. The minimum Gasteiger partial charge on any atom is -0.283 e. The summed E-state index contributed by atoms with van der Waals surface area (Å²) in [6.07, 6.45) is 1.37. The fourth-order valence-electron chi connectivity index (χ4n) is 1.47. The van der Waals surface area contributed by atoms with Crippen LogP contribution in [0.15, 0.2) is 33.7 Å². The molecule has 1 heterocycles. The van der Waals surface area contributed by atoms with Crippen molar-refractivity contribution in [2.24, 2.45) is 0 Å². The highest BCUT2D eigenvalue weighted by atomic mass is 16.5. The van der Waals surface area contributed by atoms with Gasteiger partial charge in [0, 0.05) is 12.1 Å². The van der Waals surface area contributed by atoms with E-state index >= 15 is 0 Å². The van der Waals surface area contributed by atoms with Crippen LogP contribution in [0.5, 0.6) is 0 Å². The van der Waals surface area contributed by atoms with Crippen molar-refractivity contribution in [2.45, 2.75) is 13.8 Å². The van der Waals surface area contributed by atoms with E-state index in [-0.39, 0.29) is 5.63 Å². The first-order chi connectivity index (χ1) is 6.65. The Bertz CT molecular complexity index is 491. The summed E-state index contributed by atoms with van der Waals surface area (Å²) in [5, 5.41) is 2.51. The van der Waals surface area contributed by atoms with Crippen molar-refractivity contribution in [1.29, 1.82) is 0 Å². The average Bonchev–Trinajstić information content (AvgIpc) is 2.50. The van der Waals surface area contributed by atoms with Gasteiger partial charge in [-0.2, -0.15) is 0 Å². The van der Waals surface area contributed by atoms with Crippen LogP contribution in [0.3, 0.4) is 0 Å². The van der Waals surface area contributed by atoms with E-state index in [4.69, 9.17) is 0 Å². The predicted octanol–water partition coefficient (Wildman–Crippen LogP) is 0.861. The number of benzene rings is 1. The van der Waals surface area contributed by atoms with Crippen LogP contribution in [0.4, 0.5) is 0 Å². The first kappa shape index (κ1) is 8.74. The highest BCUT2D eigenvalue weighted by Gasteiger charge is 2.10. The van der Waals surface area contributed by atoms with E-state index in [1.165, 1.54) is 6.20 Å². The number of hydrogen-bond acceptors (Lipinski definition) is 2. The molecule has 14 heavy (non-hydrogen) atoms. The third-order valence-electron chi connectivity index (χ3n) is 1.96. The molecule has 0 saturated heterocycles. The second-order valence-corrected chi connectivity index (χ2v) is 3.36. The molecule has 0 atom stereocenters. The number of aryl methyl sites for hydroxylation is 2. The Labute approximate surface area is 80.7 Å². The van der Waals surface area contributed by atoms with E-state index in [0.29, 0.717) is 0 Å². The Morgan fingerprint density at radius 3 is 2.36 bits per heavy atom. The molecule has 0 radical (unpaired) electrons. The van der Waals surface area contributed by atoms with Crippen molar-refractivity contribution in [2.75, 3.05) is 0 Å². The fourth-order valence-corrected chi connectivity index (χ4v) is 1.47. The zero-order valence-electron chi connectivity index (χ0n) is 8.07. The molecule has 72 valence electrons. The molecule has 4 nitrogen and oxygen atoms in total. The summed E-state index contributed by atoms with van der Waals surface area (Å²) in [6.45, 7) is 4.02. The Hall–Kier alpha value is -1.84. The van der Waals surface area contributed by atoms with Gasteiger partial charge in [-0.05, 0) is 34.9 Å². The molecular weight excluding hydrogens is 180 g/mol. The number of aromatic amines is 1. The molecule has 0 aliphatic carbocycles. The standard InChI is InChI=1S/C10H10N2O2/c1-7-3-8(2)5-9(4-7)12-6-10(13)14-11-12/h3-6H,1-2H3/p+1. The van der Waals surface area contributed by atoms with E-state index in [0.717, 1.165) is 16.8 Å². The lowest BCUT2D eigenvalue weighted by molar-refractivity contribution is -0.670. The van der Waals surface area contributed by atoms with Crippen LogP contribution in [0.1, 0.15) is 11.1 Å². The molecule has 0 fully saturated rings. The molecule has 2 rings (SSSR count). The number of hydrogen-bond donors (Lipinski definition) is 1. The molecule has 2 aromatic rings. The zero-order valence-corrected chi connectivity index (χ0v) is 8.07.